The van der Waals surface area contributed by atoms with Gasteiger partial charge in [0.15, 0.2) is 9.84 Å². The second kappa shape index (κ2) is 4.97. The van der Waals surface area contributed by atoms with Gasteiger partial charge in [-0.25, -0.2) is 8.42 Å². The van der Waals surface area contributed by atoms with Crippen LogP contribution in [0.3, 0.4) is 0 Å². The maximum Gasteiger partial charge on any atom is 0.246 e. The van der Waals surface area contributed by atoms with Crippen molar-refractivity contribution in [1.82, 2.24) is 4.90 Å². The zero-order valence-electron chi connectivity index (χ0n) is 10.1. The predicted molar refractivity (Wildman–Crippen MR) is 67.6 cm³/mol. The second-order valence-electron chi connectivity index (χ2n) is 4.37. The molecule has 1 unspecified atom stereocenters. The predicted octanol–water partition coefficient (Wildman–Crippen LogP) is 0.938. The number of carbonyl (C=O) groups excluding carboxylic acids is 1. The molecule has 2 rings (SSSR count). The number of nitrogens with zero attached hydrogens (tertiary/aromatic N) is 1. The van der Waals surface area contributed by atoms with Gasteiger partial charge in [0.1, 0.15) is 5.76 Å². The first-order chi connectivity index (χ1) is 8.47. The lowest BCUT2D eigenvalue weighted by Gasteiger charge is -2.13. The molecule has 98 valence electrons. The number of likely N-dealkylation sites (tertiary alicyclic amines) is 1. The molecule has 1 saturated heterocycles. The third-order valence-corrected chi connectivity index (χ3v) is 4.59. The van der Waals surface area contributed by atoms with Crippen molar-refractivity contribution in [2.24, 2.45) is 0 Å². The summed E-state index contributed by atoms with van der Waals surface area (Å²) in [6.07, 6.45) is 6.24. The van der Waals surface area contributed by atoms with Gasteiger partial charge in [-0.3, -0.25) is 4.79 Å². The molecule has 0 aromatic carbocycles. The minimum Gasteiger partial charge on any atom is -0.465 e. The Hall–Kier alpha value is -1.56. The van der Waals surface area contributed by atoms with Crippen LogP contribution in [0.5, 0.6) is 0 Å². The number of rotatable bonds is 3. The monoisotopic (exact) mass is 269 g/mol. The minimum absolute atomic E-state index is 0.183. The molecule has 18 heavy (non-hydrogen) atoms. The van der Waals surface area contributed by atoms with E-state index in [1.165, 1.54) is 18.6 Å². The topological polar surface area (TPSA) is 67.6 Å². The molecule has 0 bridgehead atoms. The summed E-state index contributed by atoms with van der Waals surface area (Å²) in [5.74, 6) is 0.416. The summed E-state index contributed by atoms with van der Waals surface area (Å²) >= 11 is 0. The molecule has 1 aromatic heterocycles. The number of carbonyl (C=O) groups is 1. The summed E-state index contributed by atoms with van der Waals surface area (Å²) in [6.45, 7) is 0.763. The van der Waals surface area contributed by atoms with E-state index in [1.54, 1.807) is 23.1 Å². The first kappa shape index (κ1) is 12.9. The van der Waals surface area contributed by atoms with Crippen LogP contribution in [-0.2, 0) is 14.6 Å². The van der Waals surface area contributed by atoms with E-state index in [0.29, 0.717) is 18.7 Å². The third-order valence-electron chi connectivity index (χ3n) is 3.00. The summed E-state index contributed by atoms with van der Waals surface area (Å²) in [5.41, 5.74) is 0. The first-order valence-corrected chi connectivity index (χ1v) is 7.61. The zero-order valence-corrected chi connectivity index (χ0v) is 10.9. The third kappa shape index (κ3) is 3.01. The second-order valence-corrected chi connectivity index (χ2v) is 6.70. The fourth-order valence-corrected chi connectivity index (χ4v) is 2.91. The van der Waals surface area contributed by atoms with Crippen molar-refractivity contribution < 1.29 is 17.6 Å². The van der Waals surface area contributed by atoms with Gasteiger partial charge >= 0.3 is 0 Å². The van der Waals surface area contributed by atoms with Crippen LogP contribution < -0.4 is 0 Å². The highest BCUT2D eigenvalue weighted by Gasteiger charge is 2.31. The van der Waals surface area contributed by atoms with Crippen LogP contribution in [-0.4, -0.2) is 43.8 Å². The largest absolute Gasteiger partial charge is 0.465 e. The van der Waals surface area contributed by atoms with E-state index in [4.69, 9.17) is 4.42 Å². The Kier molecular flexibility index (Phi) is 3.56. The van der Waals surface area contributed by atoms with Gasteiger partial charge in [-0.1, -0.05) is 0 Å². The van der Waals surface area contributed by atoms with Gasteiger partial charge in [-0.15, -0.1) is 0 Å². The number of hydrogen-bond acceptors (Lipinski definition) is 4. The maximum absolute atomic E-state index is 11.8. The van der Waals surface area contributed by atoms with Crippen molar-refractivity contribution in [2.75, 3.05) is 19.3 Å². The summed E-state index contributed by atoms with van der Waals surface area (Å²) in [5, 5.41) is -0.432. The standard InChI is InChI=1S/C12H15NO4S/c1-18(15,16)11-6-7-13(9-11)12(14)5-4-10-3-2-8-17-10/h2-5,8,11H,6-7,9H2,1H3. The average Bonchev–Trinajstić information content (AvgIpc) is 2.96. The Morgan fingerprint density at radius 3 is 2.89 bits per heavy atom. The highest BCUT2D eigenvalue weighted by molar-refractivity contribution is 7.91. The van der Waals surface area contributed by atoms with Crippen molar-refractivity contribution >= 4 is 21.8 Å². The van der Waals surface area contributed by atoms with Crippen LogP contribution in [0.2, 0.25) is 0 Å². The van der Waals surface area contributed by atoms with Crippen molar-refractivity contribution in [2.45, 2.75) is 11.7 Å². The van der Waals surface area contributed by atoms with Crippen LogP contribution in [0.4, 0.5) is 0 Å². The van der Waals surface area contributed by atoms with Gasteiger partial charge in [-0.05, 0) is 24.6 Å². The first-order valence-electron chi connectivity index (χ1n) is 5.66. The Labute approximate surface area is 106 Å². The highest BCUT2D eigenvalue weighted by atomic mass is 32.2. The molecule has 1 aliphatic heterocycles. The fraction of sp³-hybridized carbons (Fsp3) is 0.417. The number of amides is 1. The summed E-state index contributed by atoms with van der Waals surface area (Å²) in [7, 11) is -3.06. The summed E-state index contributed by atoms with van der Waals surface area (Å²) < 4.78 is 27.8. The fourth-order valence-electron chi connectivity index (χ4n) is 1.92. The van der Waals surface area contributed by atoms with Gasteiger partial charge in [0.2, 0.25) is 5.91 Å². The zero-order chi connectivity index (χ0) is 13.2. The van der Waals surface area contributed by atoms with Crippen LogP contribution in [0, 0.1) is 0 Å². The van der Waals surface area contributed by atoms with Crippen LogP contribution >= 0.6 is 0 Å². The average molecular weight is 269 g/mol. The van der Waals surface area contributed by atoms with E-state index in [2.05, 4.69) is 0 Å². The molecular weight excluding hydrogens is 254 g/mol. The SMILES string of the molecule is CS(=O)(=O)C1CCN(C(=O)C=Cc2ccco2)C1. The van der Waals surface area contributed by atoms with Gasteiger partial charge in [0, 0.05) is 25.4 Å². The Bertz CT molecular complexity index is 545. The molecule has 1 aromatic rings. The molecule has 0 spiro atoms. The van der Waals surface area contributed by atoms with Crippen LogP contribution in [0.1, 0.15) is 12.2 Å². The Morgan fingerprint density at radius 1 is 1.56 bits per heavy atom. The van der Waals surface area contributed by atoms with Crippen LogP contribution in [0.25, 0.3) is 6.08 Å². The maximum atomic E-state index is 11.8. The molecule has 2 heterocycles. The summed E-state index contributed by atoms with van der Waals surface area (Å²) in [4.78, 5) is 13.4. The highest BCUT2D eigenvalue weighted by Crippen LogP contribution is 2.16. The molecule has 1 aliphatic rings. The van der Waals surface area contributed by atoms with E-state index in [-0.39, 0.29) is 12.5 Å². The van der Waals surface area contributed by atoms with E-state index >= 15 is 0 Å². The molecule has 6 heteroatoms. The van der Waals surface area contributed by atoms with Crippen molar-refractivity contribution in [1.29, 1.82) is 0 Å². The van der Waals surface area contributed by atoms with E-state index in [1.807, 2.05) is 0 Å². The lowest BCUT2D eigenvalue weighted by Crippen LogP contribution is -2.30. The Morgan fingerprint density at radius 2 is 2.33 bits per heavy atom. The van der Waals surface area contributed by atoms with Crippen LogP contribution in [0.15, 0.2) is 28.9 Å². The Balaban J connectivity index is 1.96. The normalized spacial score (nSPS) is 20.7. The van der Waals surface area contributed by atoms with Gasteiger partial charge in [0.05, 0.1) is 11.5 Å². The lowest BCUT2D eigenvalue weighted by molar-refractivity contribution is -0.124. The van der Waals surface area contributed by atoms with Gasteiger partial charge < -0.3 is 9.32 Å². The smallest absolute Gasteiger partial charge is 0.246 e. The quantitative estimate of drug-likeness (QED) is 0.766. The molecule has 0 radical (unpaired) electrons. The molecular formula is C12H15NO4S. The van der Waals surface area contributed by atoms with Crippen molar-refractivity contribution in [3.05, 3.63) is 30.2 Å². The van der Waals surface area contributed by atoms with Crippen molar-refractivity contribution in [3.63, 3.8) is 0 Å². The van der Waals surface area contributed by atoms with Gasteiger partial charge in [0.25, 0.3) is 0 Å². The number of hydrogen-bond donors (Lipinski definition) is 0. The summed E-state index contributed by atoms with van der Waals surface area (Å²) in [6, 6.07) is 3.48. The molecule has 1 fully saturated rings. The molecule has 0 saturated carbocycles. The van der Waals surface area contributed by atoms with Gasteiger partial charge in [-0.2, -0.15) is 0 Å². The molecule has 1 atom stereocenters. The lowest BCUT2D eigenvalue weighted by atomic mass is 10.3. The van der Waals surface area contributed by atoms with E-state index in [9.17, 15) is 13.2 Å². The molecule has 1 amide bonds. The molecule has 5 nitrogen and oxygen atoms in total. The minimum atomic E-state index is -3.06. The number of sulfone groups is 1. The number of furan rings is 1. The molecule has 0 N–H and O–H groups in total. The van der Waals surface area contributed by atoms with Crippen molar-refractivity contribution in [3.8, 4) is 0 Å². The van der Waals surface area contributed by atoms with E-state index < -0.39 is 15.1 Å². The molecule has 0 aliphatic carbocycles. The van der Waals surface area contributed by atoms with E-state index in [0.717, 1.165) is 0 Å².